The van der Waals surface area contributed by atoms with Crippen molar-refractivity contribution in [2.45, 2.75) is 43.5 Å². The summed E-state index contributed by atoms with van der Waals surface area (Å²) in [4.78, 5) is 26.5. The molecule has 34 heavy (non-hydrogen) atoms. The van der Waals surface area contributed by atoms with Crippen LogP contribution in [0.4, 0.5) is 18.9 Å². The molecule has 2 atom stereocenters. The molecule has 2 amide bonds. The molecule has 2 aromatic carbocycles. The van der Waals surface area contributed by atoms with Gasteiger partial charge in [0.1, 0.15) is 11.3 Å². The largest absolute Gasteiger partial charge is 0.506 e. The third-order valence-electron chi connectivity index (χ3n) is 6.41. The predicted octanol–water partition coefficient (Wildman–Crippen LogP) is 3.28. The smallest absolute Gasteiger partial charge is 0.420 e. The molecule has 0 radical (unpaired) electrons. The fourth-order valence-electron chi connectivity index (χ4n) is 4.79. The summed E-state index contributed by atoms with van der Waals surface area (Å²) in [5.41, 5.74) is -1.60. The van der Waals surface area contributed by atoms with Gasteiger partial charge in [0.05, 0.1) is 11.3 Å². The monoisotopic (exact) mass is 497 g/mol. The van der Waals surface area contributed by atoms with E-state index in [0.717, 1.165) is 36.8 Å². The van der Waals surface area contributed by atoms with Gasteiger partial charge < -0.3 is 26.2 Å². The Morgan fingerprint density at radius 3 is 2.59 bits per heavy atom. The number of hydrogen-bond acceptors (Lipinski definition) is 5. The number of benzene rings is 2. The summed E-state index contributed by atoms with van der Waals surface area (Å²) in [6.45, 7) is 0.757. The van der Waals surface area contributed by atoms with Gasteiger partial charge in [-0.25, -0.2) is 0 Å². The number of hydrogen-bond donors (Lipinski definition) is 4. The van der Waals surface area contributed by atoms with Crippen LogP contribution in [-0.4, -0.2) is 41.2 Å². The number of nitrogens with one attached hydrogen (secondary N) is 1. The molecule has 2 aliphatic heterocycles. The molecule has 11 heteroatoms. The topological polar surface area (TPSA) is 116 Å². The molecule has 2 heterocycles. The highest BCUT2D eigenvalue weighted by Gasteiger charge is 2.58. The number of alkyl halides is 3. The second kappa shape index (κ2) is 8.75. The average molecular weight is 498 g/mol. The number of primary amides is 1. The standard InChI is InChI=1S/C23H23ClF3N3O4/c24-15-7-2-1-6-14(15)22(34)17-16(11-13(20(28)32)19(31)18(17)23(25,26)27)30(21(22)33)10-8-12-5-3-4-9-29-12/h1-2,6-7,11-12,29,31,34H,3-5,8-10H2,(H2,28,32). The van der Waals surface area contributed by atoms with Crippen LogP contribution in [0.15, 0.2) is 30.3 Å². The second-order valence-corrected chi connectivity index (χ2v) is 8.89. The highest BCUT2D eigenvalue weighted by Crippen LogP contribution is 2.54. The van der Waals surface area contributed by atoms with Gasteiger partial charge in [0.25, 0.3) is 11.8 Å². The molecular formula is C23H23ClF3N3O4. The Kier molecular flexibility index (Phi) is 6.26. The molecule has 5 N–H and O–H groups in total. The minimum atomic E-state index is -5.23. The lowest BCUT2D eigenvalue weighted by molar-refractivity contribution is -0.143. The molecule has 0 saturated carbocycles. The zero-order chi connectivity index (χ0) is 24.8. The first-order chi connectivity index (χ1) is 16.0. The Hall–Kier alpha value is -2.82. The van der Waals surface area contributed by atoms with Crippen molar-refractivity contribution < 1.29 is 33.0 Å². The third-order valence-corrected chi connectivity index (χ3v) is 6.74. The van der Waals surface area contributed by atoms with Crippen LogP contribution in [0.1, 0.15) is 52.7 Å². The van der Waals surface area contributed by atoms with Crippen molar-refractivity contribution >= 4 is 29.1 Å². The van der Waals surface area contributed by atoms with Crippen molar-refractivity contribution in [3.8, 4) is 5.75 Å². The van der Waals surface area contributed by atoms with Crippen LogP contribution in [0.25, 0.3) is 0 Å². The van der Waals surface area contributed by atoms with Crippen LogP contribution in [0.5, 0.6) is 5.75 Å². The highest BCUT2D eigenvalue weighted by molar-refractivity contribution is 6.32. The van der Waals surface area contributed by atoms with E-state index in [2.05, 4.69) is 5.32 Å². The fourth-order valence-corrected chi connectivity index (χ4v) is 5.07. The summed E-state index contributed by atoms with van der Waals surface area (Å²) in [7, 11) is 0. The van der Waals surface area contributed by atoms with E-state index in [1.807, 2.05) is 0 Å². The highest BCUT2D eigenvalue weighted by atomic mass is 35.5. The first-order valence-electron chi connectivity index (χ1n) is 10.8. The summed E-state index contributed by atoms with van der Waals surface area (Å²) in [6, 6.07) is 6.46. The van der Waals surface area contributed by atoms with Crippen molar-refractivity contribution in [3.05, 3.63) is 57.6 Å². The molecule has 0 aromatic heterocycles. The predicted molar refractivity (Wildman–Crippen MR) is 119 cm³/mol. The van der Waals surface area contributed by atoms with Crippen LogP contribution in [0.3, 0.4) is 0 Å². The maximum atomic E-state index is 14.2. The molecule has 0 bridgehead atoms. The maximum absolute atomic E-state index is 14.2. The quantitative estimate of drug-likeness (QED) is 0.506. The summed E-state index contributed by atoms with van der Waals surface area (Å²) in [5.74, 6) is -3.81. The number of amides is 2. The van der Waals surface area contributed by atoms with Gasteiger partial charge in [-0.2, -0.15) is 13.2 Å². The number of nitrogens with zero attached hydrogens (tertiary/aromatic N) is 1. The van der Waals surface area contributed by atoms with Gasteiger partial charge in [-0.1, -0.05) is 36.2 Å². The van der Waals surface area contributed by atoms with E-state index in [9.17, 15) is 33.0 Å². The van der Waals surface area contributed by atoms with Crippen LogP contribution in [0, 0.1) is 0 Å². The molecule has 0 spiro atoms. The van der Waals surface area contributed by atoms with Crippen molar-refractivity contribution in [1.82, 2.24) is 5.32 Å². The van der Waals surface area contributed by atoms with Gasteiger partial charge in [0, 0.05) is 28.7 Å². The van der Waals surface area contributed by atoms with E-state index < -0.39 is 46.0 Å². The lowest BCUT2D eigenvalue weighted by atomic mass is 9.83. The van der Waals surface area contributed by atoms with Crippen LogP contribution in [0.2, 0.25) is 5.02 Å². The van der Waals surface area contributed by atoms with Gasteiger partial charge in [-0.05, 0) is 37.9 Å². The Morgan fingerprint density at radius 1 is 1.29 bits per heavy atom. The van der Waals surface area contributed by atoms with Crippen LogP contribution in [-0.2, 0) is 16.6 Å². The number of nitrogens with two attached hydrogens (primary N) is 1. The Bertz CT molecular complexity index is 1150. The molecule has 2 aliphatic rings. The van der Waals surface area contributed by atoms with E-state index >= 15 is 0 Å². The van der Waals surface area contributed by atoms with Gasteiger partial charge in [-0.15, -0.1) is 0 Å². The summed E-state index contributed by atoms with van der Waals surface area (Å²) in [6.07, 6.45) is -2.01. The second-order valence-electron chi connectivity index (χ2n) is 8.49. The molecule has 2 aromatic rings. The van der Waals surface area contributed by atoms with Crippen LogP contribution >= 0.6 is 11.6 Å². The van der Waals surface area contributed by atoms with Crippen molar-refractivity contribution in [2.75, 3.05) is 18.0 Å². The van der Waals surface area contributed by atoms with Crippen LogP contribution < -0.4 is 16.0 Å². The molecule has 2 unspecified atom stereocenters. The zero-order valence-corrected chi connectivity index (χ0v) is 18.7. The Morgan fingerprint density at radius 2 is 2.00 bits per heavy atom. The molecule has 7 nitrogen and oxygen atoms in total. The van der Waals surface area contributed by atoms with Gasteiger partial charge in [-0.3, -0.25) is 9.59 Å². The summed E-state index contributed by atoms with van der Waals surface area (Å²) in [5, 5.41) is 25.2. The van der Waals surface area contributed by atoms with Crippen molar-refractivity contribution in [1.29, 1.82) is 0 Å². The lowest BCUT2D eigenvalue weighted by Gasteiger charge is -2.28. The minimum Gasteiger partial charge on any atom is -0.506 e. The number of aliphatic hydroxyl groups is 1. The number of anilines is 1. The van der Waals surface area contributed by atoms with E-state index in [-0.39, 0.29) is 28.9 Å². The first-order valence-corrected chi connectivity index (χ1v) is 11.2. The maximum Gasteiger partial charge on any atom is 0.420 e. The number of carbonyl (C=O) groups is 2. The molecule has 182 valence electrons. The van der Waals surface area contributed by atoms with Crippen molar-refractivity contribution in [3.63, 3.8) is 0 Å². The number of phenols is 1. The fraction of sp³-hybridized carbons (Fsp3) is 0.391. The number of piperidine rings is 1. The Balaban J connectivity index is 1.96. The SMILES string of the molecule is NC(=O)c1cc2c(c(C(F)(F)F)c1O)C(O)(c1ccccc1Cl)C(=O)N2CCC1CCCCN1. The average Bonchev–Trinajstić information content (AvgIpc) is 2.99. The molecule has 0 aliphatic carbocycles. The van der Waals surface area contributed by atoms with E-state index in [4.69, 9.17) is 17.3 Å². The number of rotatable bonds is 5. The normalized spacial score (nSPS) is 22.7. The molecule has 1 fully saturated rings. The summed E-state index contributed by atoms with van der Waals surface area (Å²) < 4.78 is 42.7. The van der Waals surface area contributed by atoms with E-state index in [1.165, 1.54) is 24.3 Å². The number of fused-ring (bicyclic) bond motifs is 1. The van der Waals surface area contributed by atoms with E-state index in [1.54, 1.807) is 0 Å². The van der Waals surface area contributed by atoms with Gasteiger partial charge >= 0.3 is 6.18 Å². The molecule has 1 saturated heterocycles. The van der Waals surface area contributed by atoms with Gasteiger partial charge in [0.15, 0.2) is 5.60 Å². The summed E-state index contributed by atoms with van der Waals surface area (Å²) >= 11 is 6.20. The zero-order valence-electron chi connectivity index (χ0n) is 18.0. The third kappa shape index (κ3) is 3.89. The molecular weight excluding hydrogens is 475 g/mol. The number of halogens is 4. The Labute approximate surface area is 198 Å². The van der Waals surface area contributed by atoms with Gasteiger partial charge in [0.2, 0.25) is 0 Å². The first kappa shape index (κ1) is 24.3. The lowest BCUT2D eigenvalue weighted by Crippen LogP contribution is -2.44. The minimum absolute atomic E-state index is 0.0312. The van der Waals surface area contributed by atoms with Crippen molar-refractivity contribution in [2.24, 2.45) is 5.73 Å². The van der Waals surface area contributed by atoms with E-state index in [0.29, 0.717) is 6.42 Å². The molecule has 4 rings (SSSR count). The number of aromatic hydroxyl groups is 1. The number of carbonyl (C=O) groups excluding carboxylic acids is 2.